The van der Waals surface area contributed by atoms with Crippen LogP contribution in [0.2, 0.25) is 0 Å². The molecule has 4 heteroatoms. The molecular formula is C15H13NO2S. The Morgan fingerprint density at radius 2 is 1.84 bits per heavy atom. The number of para-hydroxylation sites is 1. The first-order valence-corrected chi connectivity index (χ1v) is 6.22. The predicted molar refractivity (Wildman–Crippen MR) is 79.5 cm³/mol. The Labute approximate surface area is 117 Å². The first-order chi connectivity index (χ1) is 9.15. The number of aliphatic imine (C=N–C) groups is 1. The van der Waals surface area contributed by atoms with E-state index in [-0.39, 0.29) is 10.9 Å². The second-order valence-corrected chi connectivity index (χ2v) is 4.55. The van der Waals surface area contributed by atoms with Crippen LogP contribution in [0, 0.1) is 0 Å². The molecular weight excluding hydrogens is 258 g/mol. The van der Waals surface area contributed by atoms with Crippen molar-refractivity contribution in [3.63, 3.8) is 0 Å². The van der Waals surface area contributed by atoms with E-state index in [9.17, 15) is 9.90 Å². The number of thiol groups is 1. The van der Waals surface area contributed by atoms with Gasteiger partial charge in [0.2, 0.25) is 0 Å². The maximum Gasteiger partial charge on any atom is 0.190 e. The quantitative estimate of drug-likeness (QED) is 0.663. The smallest absolute Gasteiger partial charge is 0.190 e. The maximum atomic E-state index is 10.9. The number of benzene rings is 2. The summed E-state index contributed by atoms with van der Waals surface area (Å²) in [5, 5.41) is 9.43. The monoisotopic (exact) mass is 271 g/mol. The van der Waals surface area contributed by atoms with Crippen molar-refractivity contribution in [3.05, 3.63) is 59.7 Å². The van der Waals surface area contributed by atoms with Crippen LogP contribution in [0.4, 0.5) is 5.69 Å². The molecule has 0 saturated carbocycles. The average Bonchev–Trinajstić information content (AvgIpc) is 2.39. The van der Waals surface area contributed by atoms with Crippen molar-refractivity contribution in [3.8, 4) is 5.75 Å². The van der Waals surface area contributed by atoms with Gasteiger partial charge in [-0.15, -0.1) is 12.6 Å². The molecule has 1 N–H and O–H groups in total. The van der Waals surface area contributed by atoms with Gasteiger partial charge in [0.15, 0.2) is 5.12 Å². The number of phenols is 1. The van der Waals surface area contributed by atoms with Crippen LogP contribution < -0.4 is 0 Å². The highest BCUT2D eigenvalue weighted by Crippen LogP contribution is 2.17. The second kappa shape index (κ2) is 6.20. The number of carbonyl (C=O) groups excluding carboxylic acids is 1. The molecule has 19 heavy (non-hydrogen) atoms. The van der Waals surface area contributed by atoms with Crippen LogP contribution in [0.15, 0.2) is 53.5 Å². The van der Waals surface area contributed by atoms with Crippen molar-refractivity contribution in [2.75, 3.05) is 0 Å². The van der Waals surface area contributed by atoms with Crippen molar-refractivity contribution in [2.24, 2.45) is 4.99 Å². The van der Waals surface area contributed by atoms with Gasteiger partial charge in [-0.25, -0.2) is 0 Å². The summed E-state index contributed by atoms with van der Waals surface area (Å²) >= 11 is 3.74. The summed E-state index contributed by atoms with van der Waals surface area (Å²) < 4.78 is 0. The zero-order chi connectivity index (χ0) is 13.7. The molecule has 0 aromatic heterocycles. The highest BCUT2D eigenvalue weighted by molar-refractivity contribution is 7.96. The number of hydrogen-bond acceptors (Lipinski definition) is 3. The average molecular weight is 271 g/mol. The van der Waals surface area contributed by atoms with E-state index in [1.54, 1.807) is 24.4 Å². The Morgan fingerprint density at radius 3 is 2.47 bits per heavy atom. The predicted octanol–water partition coefficient (Wildman–Crippen LogP) is 3.14. The molecule has 0 amide bonds. The van der Waals surface area contributed by atoms with E-state index in [0.29, 0.717) is 12.0 Å². The van der Waals surface area contributed by atoms with Gasteiger partial charge in [-0.3, -0.25) is 9.79 Å². The van der Waals surface area contributed by atoms with Crippen LogP contribution in [-0.2, 0) is 11.2 Å². The molecule has 2 aromatic carbocycles. The lowest BCUT2D eigenvalue weighted by Gasteiger charge is -1.99. The van der Waals surface area contributed by atoms with Crippen LogP contribution in [-0.4, -0.2) is 16.4 Å². The standard InChI is InChI=1S/C15H13NO2S/c17-14-4-2-1-3-12(14)10-16-13-7-5-11(6-8-13)9-15(18)19/h1-8,10,17H,9H2,(H,18,19). The normalized spacial score (nSPS) is 10.8. The topological polar surface area (TPSA) is 49.7 Å². The maximum absolute atomic E-state index is 10.9. The molecule has 0 heterocycles. The van der Waals surface area contributed by atoms with Gasteiger partial charge in [0.1, 0.15) is 5.75 Å². The van der Waals surface area contributed by atoms with Gasteiger partial charge in [-0.1, -0.05) is 24.3 Å². The van der Waals surface area contributed by atoms with E-state index in [4.69, 9.17) is 0 Å². The number of carbonyl (C=O) groups is 1. The summed E-state index contributed by atoms with van der Waals surface area (Å²) in [7, 11) is 0. The van der Waals surface area contributed by atoms with E-state index in [1.165, 1.54) is 0 Å². The Balaban J connectivity index is 2.11. The third-order valence-electron chi connectivity index (χ3n) is 2.58. The van der Waals surface area contributed by atoms with Gasteiger partial charge in [-0.2, -0.15) is 0 Å². The molecule has 2 aromatic rings. The fourth-order valence-corrected chi connectivity index (χ4v) is 1.80. The first-order valence-electron chi connectivity index (χ1n) is 5.78. The molecule has 0 aliphatic heterocycles. The van der Waals surface area contributed by atoms with E-state index in [2.05, 4.69) is 17.6 Å². The van der Waals surface area contributed by atoms with Crippen molar-refractivity contribution in [1.29, 1.82) is 0 Å². The summed E-state index contributed by atoms with van der Waals surface area (Å²) in [6.45, 7) is 0. The summed E-state index contributed by atoms with van der Waals surface area (Å²) in [6, 6.07) is 14.3. The van der Waals surface area contributed by atoms with Gasteiger partial charge in [-0.05, 0) is 29.8 Å². The number of nitrogens with zero attached hydrogens (tertiary/aromatic N) is 1. The molecule has 0 aliphatic carbocycles. The Bertz CT molecular complexity index is 606. The Kier molecular flexibility index (Phi) is 4.36. The third kappa shape index (κ3) is 3.96. The molecule has 0 bridgehead atoms. The van der Waals surface area contributed by atoms with Gasteiger partial charge >= 0.3 is 0 Å². The zero-order valence-corrected chi connectivity index (χ0v) is 11.0. The SMILES string of the molecule is O=C(S)Cc1ccc(N=Cc2ccccc2O)cc1. The van der Waals surface area contributed by atoms with Crippen molar-refractivity contribution < 1.29 is 9.90 Å². The van der Waals surface area contributed by atoms with Crippen LogP contribution in [0.1, 0.15) is 11.1 Å². The molecule has 0 aliphatic rings. The number of aromatic hydroxyl groups is 1. The second-order valence-electron chi connectivity index (χ2n) is 4.05. The van der Waals surface area contributed by atoms with Crippen LogP contribution in [0.3, 0.4) is 0 Å². The van der Waals surface area contributed by atoms with Gasteiger partial charge in [0.25, 0.3) is 0 Å². The molecule has 96 valence electrons. The first kappa shape index (κ1) is 13.4. The van der Waals surface area contributed by atoms with Crippen molar-refractivity contribution in [2.45, 2.75) is 6.42 Å². The van der Waals surface area contributed by atoms with E-state index >= 15 is 0 Å². The molecule has 0 saturated heterocycles. The number of rotatable bonds is 4. The van der Waals surface area contributed by atoms with Gasteiger partial charge in [0.05, 0.1) is 5.69 Å². The highest BCUT2D eigenvalue weighted by atomic mass is 32.1. The van der Waals surface area contributed by atoms with Crippen LogP contribution >= 0.6 is 12.6 Å². The molecule has 0 unspecified atom stereocenters. The fraction of sp³-hybridized carbons (Fsp3) is 0.0667. The Morgan fingerprint density at radius 1 is 1.16 bits per heavy atom. The van der Waals surface area contributed by atoms with Gasteiger partial charge in [0, 0.05) is 18.2 Å². The Hall–Kier alpha value is -2.07. The van der Waals surface area contributed by atoms with Crippen LogP contribution in [0.25, 0.3) is 0 Å². The van der Waals surface area contributed by atoms with Crippen LogP contribution in [0.5, 0.6) is 5.75 Å². The zero-order valence-electron chi connectivity index (χ0n) is 10.2. The fourth-order valence-electron chi connectivity index (χ4n) is 1.62. The minimum absolute atomic E-state index is 0.162. The summed E-state index contributed by atoms with van der Waals surface area (Å²) in [5.74, 6) is 0.198. The number of hydrogen-bond donors (Lipinski definition) is 2. The lowest BCUT2D eigenvalue weighted by Crippen LogP contribution is -1.92. The number of phenolic OH excluding ortho intramolecular Hbond substituents is 1. The molecule has 3 nitrogen and oxygen atoms in total. The largest absolute Gasteiger partial charge is 0.507 e. The molecule has 0 atom stereocenters. The molecule has 0 spiro atoms. The minimum atomic E-state index is -0.162. The summed E-state index contributed by atoms with van der Waals surface area (Å²) in [5.41, 5.74) is 2.33. The summed E-state index contributed by atoms with van der Waals surface area (Å²) in [4.78, 5) is 15.1. The lowest BCUT2D eigenvalue weighted by molar-refractivity contribution is -0.110. The minimum Gasteiger partial charge on any atom is -0.507 e. The lowest BCUT2D eigenvalue weighted by atomic mass is 10.1. The van der Waals surface area contributed by atoms with E-state index in [0.717, 1.165) is 11.3 Å². The summed E-state index contributed by atoms with van der Waals surface area (Å²) in [6.07, 6.45) is 1.92. The van der Waals surface area contributed by atoms with Gasteiger partial charge < -0.3 is 5.11 Å². The van der Waals surface area contributed by atoms with Crippen molar-refractivity contribution >= 4 is 29.6 Å². The van der Waals surface area contributed by atoms with Crippen molar-refractivity contribution in [1.82, 2.24) is 0 Å². The molecule has 0 fully saturated rings. The molecule has 2 rings (SSSR count). The third-order valence-corrected chi connectivity index (χ3v) is 2.74. The highest BCUT2D eigenvalue weighted by Gasteiger charge is 1.98. The van der Waals surface area contributed by atoms with E-state index in [1.807, 2.05) is 30.3 Å². The molecule has 0 radical (unpaired) electrons. The van der Waals surface area contributed by atoms with E-state index < -0.39 is 0 Å².